The molecule has 1 saturated heterocycles. The smallest absolute Gasteiger partial charge is 0.312 e. The summed E-state index contributed by atoms with van der Waals surface area (Å²) in [4.78, 5) is 48.2. The Balaban J connectivity index is 3.01. The van der Waals surface area contributed by atoms with Crippen LogP contribution in [0.5, 0.6) is 0 Å². The Morgan fingerprint density at radius 2 is 2.05 bits per heavy atom. The third-order valence-corrected chi connectivity index (χ3v) is 3.70. The van der Waals surface area contributed by atoms with Crippen LogP contribution in [0.1, 0.15) is 33.6 Å². The molecule has 5 amide bonds. The van der Waals surface area contributed by atoms with E-state index in [1.54, 1.807) is 13.8 Å². The van der Waals surface area contributed by atoms with Gasteiger partial charge in [-0.15, -0.1) is 0 Å². The summed E-state index contributed by atoms with van der Waals surface area (Å²) in [5.74, 6) is -1.65. The van der Waals surface area contributed by atoms with Gasteiger partial charge in [0.15, 0.2) is 0 Å². The van der Waals surface area contributed by atoms with Crippen molar-refractivity contribution in [2.45, 2.75) is 45.7 Å². The monoisotopic (exact) mass is 298 g/mol. The lowest BCUT2D eigenvalue weighted by atomic mass is 9.96. The fraction of sp³-hybridized carbons (Fsp3) is 0.692. The Kier molecular flexibility index (Phi) is 5.69. The fourth-order valence-corrected chi connectivity index (χ4v) is 2.32. The van der Waals surface area contributed by atoms with Crippen LogP contribution in [0, 0.1) is 5.92 Å². The molecule has 4 N–H and O–H groups in total. The van der Waals surface area contributed by atoms with Crippen molar-refractivity contribution in [3.63, 3.8) is 0 Å². The number of urea groups is 1. The van der Waals surface area contributed by atoms with Crippen molar-refractivity contribution >= 4 is 23.8 Å². The summed E-state index contributed by atoms with van der Waals surface area (Å²) < 4.78 is 0. The maximum atomic E-state index is 12.6. The zero-order chi connectivity index (χ0) is 16.2. The Hall–Kier alpha value is -2.12. The molecule has 8 heteroatoms. The molecule has 1 fully saturated rings. The van der Waals surface area contributed by atoms with E-state index >= 15 is 0 Å². The summed E-state index contributed by atoms with van der Waals surface area (Å²) in [5, 5.41) is 4.61. The molecule has 8 nitrogen and oxygen atoms in total. The average molecular weight is 298 g/mol. The van der Waals surface area contributed by atoms with Crippen LogP contribution in [0.15, 0.2) is 0 Å². The lowest BCUT2D eigenvalue weighted by Gasteiger charge is -2.37. The predicted molar refractivity (Wildman–Crippen MR) is 74.9 cm³/mol. The number of nitrogens with one attached hydrogen (secondary N) is 2. The SMILES string of the molecule is CCC(C)C(NC(N)=O)C(=O)N1CC(=O)NC(=O)C1CC. The maximum Gasteiger partial charge on any atom is 0.312 e. The molecule has 0 saturated carbocycles. The molecule has 3 atom stereocenters. The van der Waals surface area contributed by atoms with Gasteiger partial charge < -0.3 is 16.0 Å². The Labute approximate surface area is 123 Å². The summed E-state index contributed by atoms with van der Waals surface area (Å²) in [5.41, 5.74) is 5.11. The second-order valence-corrected chi connectivity index (χ2v) is 5.17. The highest BCUT2D eigenvalue weighted by atomic mass is 16.2. The number of amides is 5. The molecule has 0 aliphatic carbocycles. The zero-order valence-corrected chi connectivity index (χ0v) is 12.5. The molecular weight excluding hydrogens is 276 g/mol. The van der Waals surface area contributed by atoms with Crippen molar-refractivity contribution in [1.29, 1.82) is 0 Å². The summed E-state index contributed by atoms with van der Waals surface area (Å²) in [6, 6.07) is -2.37. The van der Waals surface area contributed by atoms with Crippen LogP contribution in [-0.4, -0.2) is 47.3 Å². The minimum Gasteiger partial charge on any atom is -0.352 e. The molecule has 21 heavy (non-hydrogen) atoms. The molecule has 118 valence electrons. The van der Waals surface area contributed by atoms with E-state index in [2.05, 4.69) is 10.6 Å². The van der Waals surface area contributed by atoms with Crippen molar-refractivity contribution in [1.82, 2.24) is 15.5 Å². The van der Waals surface area contributed by atoms with Gasteiger partial charge in [0.05, 0.1) is 0 Å². The lowest BCUT2D eigenvalue weighted by Crippen LogP contribution is -2.64. The summed E-state index contributed by atoms with van der Waals surface area (Å²) in [6.07, 6.45) is 1.02. The summed E-state index contributed by atoms with van der Waals surface area (Å²) >= 11 is 0. The number of rotatable bonds is 5. The van der Waals surface area contributed by atoms with E-state index in [9.17, 15) is 19.2 Å². The summed E-state index contributed by atoms with van der Waals surface area (Å²) in [6.45, 7) is 5.22. The van der Waals surface area contributed by atoms with Gasteiger partial charge in [-0.1, -0.05) is 27.2 Å². The van der Waals surface area contributed by atoms with Gasteiger partial charge in [-0.05, 0) is 12.3 Å². The number of nitrogens with zero attached hydrogens (tertiary/aromatic N) is 1. The molecule has 1 heterocycles. The number of piperazine rings is 1. The van der Waals surface area contributed by atoms with Crippen molar-refractivity contribution in [3.05, 3.63) is 0 Å². The predicted octanol–water partition coefficient (Wildman–Crippen LogP) is -0.667. The van der Waals surface area contributed by atoms with Gasteiger partial charge in [0.2, 0.25) is 17.7 Å². The van der Waals surface area contributed by atoms with E-state index in [0.29, 0.717) is 12.8 Å². The van der Waals surface area contributed by atoms with E-state index in [1.807, 2.05) is 6.92 Å². The maximum absolute atomic E-state index is 12.6. The highest BCUT2D eigenvalue weighted by Crippen LogP contribution is 2.16. The highest BCUT2D eigenvalue weighted by Gasteiger charge is 2.39. The topological polar surface area (TPSA) is 122 Å². The molecular formula is C13H22N4O4. The zero-order valence-electron chi connectivity index (χ0n) is 12.5. The number of primary amides is 1. The number of carbonyl (C=O) groups excluding carboxylic acids is 4. The minimum absolute atomic E-state index is 0.164. The Morgan fingerprint density at radius 3 is 2.52 bits per heavy atom. The van der Waals surface area contributed by atoms with Crippen LogP contribution in [0.4, 0.5) is 4.79 Å². The van der Waals surface area contributed by atoms with Gasteiger partial charge >= 0.3 is 6.03 Å². The number of imide groups is 1. The molecule has 0 aromatic heterocycles. The van der Waals surface area contributed by atoms with Crippen LogP contribution in [-0.2, 0) is 14.4 Å². The van der Waals surface area contributed by atoms with E-state index in [4.69, 9.17) is 5.73 Å². The van der Waals surface area contributed by atoms with Gasteiger partial charge in [-0.3, -0.25) is 19.7 Å². The van der Waals surface area contributed by atoms with Crippen LogP contribution in [0.25, 0.3) is 0 Å². The first-order valence-electron chi connectivity index (χ1n) is 7.01. The largest absolute Gasteiger partial charge is 0.352 e. The van der Waals surface area contributed by atoms with E-state index < -0.39 is 35.8 Å². The van der Waals surface area contributed by atoms with Gasteiger partial charge in [0, 0.05) is 0 Å². The molecule has 1 aliphatic heterocycles. The van der Waals surface area contributed by atoms with Gasteiger partial charge in [0.25, 0.3) is 0 Å². The molecule has 0 aromatic carbocycles. The minimum atomic E-state index is -0.847. The standard InChI is InChI=1S/C13H22N4O4/c1-4-7(3)10(16-13(14)21)12(20)17-6-9(18)15-11(19)8(17)5-2/h7-8,10H,4-6H2,1-3H3,(H3,14,16,21)(H,15,18,19). The molecule has 0 spiro atoms. The molecule has 1 aliphatic rings. The number of nitrogens with two attached hydrogens (primary N) is 1. The normalized spacial score (nSPS) is 21.5. The molecule has 3 unspecified atom stereocenters. The van der Waals surface area contributed by atoms with Crippen LogP contribution in [0.3, 0.4) is 0 Å². The van der Waals surface area contributed by atoms with Gasteiger partial charge in [-0.2, -0.15) is 0 Å². The second-order valence-electron chi connectivity index (χ2n) is 5.17. The second kappa shape index (κ2) is 7.05. The van der Waals surface area contributed by atoms with Gasteiger partial charge in [0.1, 0.15) is 18.6 Å². The molecule has 0 bridgehead atoms. The van der Waals surface area contributed by atoms with Gasteiger partial charge in [-0.25, -0.2) is 4.79 Å². The summed E-state index contributed by atoms with van der Waals surface area (Å²) in [7, 11) is 0. The first-order valence-corrected chi connectivity index (χ1v) is 7.01. The first kappa shape index (κ1) is 16.9. The van der Waals surface area contributed by atoms with E-state index in [-0.39, 0.29) is 12.5 Å². The fourth-order valence-electron chi connectivity index (χ4n) is 2.32. The first-order chi connectivity index (χ1) is 9.81. The van der Waals surface area contributed by atoms with Crippen LogP contribution < -0.4 is 16.4 Å². The van der Waals surface area contributed by atoms with Crippen molar-refractivity contribution in [2.75, 3.05) is 6.54 Å². The quantitative estimate of drug-likeness (QED) is 0.583. The highest BCUT2D eigenvalue weighted by molar-refractivity contribution is 6.05. The van der Waals surface area contributed by atoms with Crippen LogP contribution in [0.2, 0.25) is 0 Å². The number of hydrogen-bond acceptors (Lipinski definition) is 4. The van der Waals surface area contributed by atoms with Crippen LogP contribution >= 0.6 is 0 Å². The third kappa shape index (κ3) is 3.93. The average Bonchev–Trinajstić information content (AvgIpc) is 2.42. The van der Waals surface area contributed by atoms with Crippen molar-refractivity contribution in [3.8, 4) is 0 Å². The molecule has 1 rings (SSSR count). The van der Waals surface area contributed by atoms with Crippen molar-refractivity contribution < 1.29 is 19.2 Å². The lowest BCUT2D eigenvalue weighted by molar-refractivity contribution is -0.151. The molecule has 0 aromatic rings. The van der Waals surface area contributed by atoms with E-state index in [0.717, 1.165) is 0 Å². The molecule has 0 radical (unpaired) electrons. The Morgan fingerprint density at radius 1 is 1.43 bits per heavy atom. The van der Waals surface area contributed by atoms with E-state index in [1.165, 1.54) is 4.90 Å². The number of carbonyl (C=O) groups is 4. The third-order valence-electron chi connectivity index (χ3n) is 3.70. The van der Waals surface area contributed by atoms with Crippen molar-refractivity contribution in [2.24, 2.45) is 11.7 Å². The Bertz CT molecular complexity index is 451. The number of hydrogen-bond donors (Lipinski definition) is 3.